The third-order valence-electron chi connectivity index (χ3n) is 3.26. The van der Waals surface area contributed by atoms with Crippen LogP contribution in [0.1, 0.15) is 11.1 Å². The molecule has 2 heterocycles. The largest absolute Gasteiger partial charge is 0.459 e. The van der Waals surface area contributed by atoms with Gasteiger partial charge in [0.1, 0.15) is 13.2 Å². The zero-order valence-electron chi connectivity index (χ0n) is 13.4. The third-order valence-corrected chi connectivity index (χ3v) is 3.26. The van der Waals surface area contributed by atoms with Gasteiger partial charge in [-0.15, -0.1) is 0 Å². The van der Waals surface area contributed by atoms with Crippen LogP contribution in [0.5, 0.6) is 12.0 Å². The van der Waals surface area contributed by atoms with Crippen LogP contribution in [0.4, 0.5) is 20.4 Å². The fraction of sp³-hybridized carbons (Fsp3) is 0.125. The second kappa shape index (κ2) is 7.55. The summed E-state index contributed by atoms with van der Waals surface area (Å²) in [5, 5.41) is 0. The fourth-order valence-corrected chi connectivity index (χ4v) is 1.89. The van der Waals surface area contributed by atoms with Crippen molar-refractivity contribution in [3.63, 3.8) is 0 Å². The molecule has 0 saturated carbocycles. The summed E-state index contributed by atoms with van der Waals surface area (Å²) in [6, 6.07) is 7.22. The monoisotopic (exact) mass is 360 g/mol. The van der Waals surface area contributed by atoms with E-state index >= 15 is 0 Å². The number of nitrogens with two attached hydrogens (primary N) is 2. The quantitative estimate of drug-likeness (QED) is 0.683. The number of nitrogens with zero attached hydrogens (tertiary/aromatic N) is 4. The SMILES string of the molecule is Nc1nc(OCc2ccc(COc3ncc(F)c(N)n3)cc2)ncc1F. The predicted molar refractivity (Wildman–Crippen MR) is 87.9 cm³/mol. The van der Waals surface area contributed by atoms with Crippen molar-refractivity contribution in [3.05, 3.63) is 59.4 Å². The van der Waals surface area contributed by atoms with Crippen LogP contribution in [-0.4, -0.2) is 19.9 Å². The van der Waals surface area contributed by atoms with E-state index in [1.165, 1.54) is 0 Å². The Balaban J connectivity index is 1.54. The molecule has 0 unspecified atom stereocenters. The van der Waals surface area contributed by atoms with Crippen molar-refractivity contribution >= 4 is 11.6 Å². The summed E-state index contributed by atoms with van der Waals surface area (Å²) >= 11 is 0. The maximum absolute atomic E-state index is 13.0. The van der Waals surface area contributed by atoms with Gasteiger partial charge in [0.15, 0.2) is 23.3 Å². The van der Waals surface area contributed by atoms with Gasteiger partial charge in [-0.3, -0.25) is 0 Å². The average Bonchev–Trinajstić information content (AvgIpc) is 2.64. The molecule has 3 aromatic rings. The molecule has 26 heavy (non-hydrogen) atoms. The number of hydrogen-bond acceptors (Lipinski definition) is 8. The van der Waals surface area contributed by atoms with Gasteiger partial charge in [0.05, 0.1) is 12.4 Å². The molecule has 10 heteroatoms. The van der Waals surface area contributed by atoms with Crippen molar-refractivity contribution in [1.29, 1.82) is 0 Å². The van der Waals surface area contributed by atoms with Crippen LogP contribution < -0.4 is 20.9 Å². The summed E-state index contributed by atoms with van der Waals surface area (Å²) in [4.78, 5) is 14.7. The van der Waals surface area contributed by atoms with Crippen LogP contribution in [0.2, 0.25) is 0 Å². The average molecular weight is 360 g/mol. The summed E-state index contributed by atoms with van der Waals surface area (Å²) in [7, 11) is 0. The molecule has 3 rings (SSSR count). The number of rotatable bonds is 6. The highest BCUT2D eigenvalue weighted by molar-refractivity contribution is 5.30. The first-order valence-electron chi connectivity index (χ1n) is 7.40. The molecule has 0 spiro atoms. The Morgan fingerprint density at radius 3 is 1.46 bits per heavy atom. The highest BCUT2D eigenvalue weighted by atomic mass is 19.1. The van der Waals surface area contributed by atoms with Crippen molar-refractivity contribution < 1.29 is 18.3 Å². The summed E-state index contributed by atoms with van der Waals surface area (Å²) < 4.78 is 36.7. The Hall–Kier alpha value is -3.56. The van der Waals surface area contributed by atoms with Gasteiger partial charge in [-0.2, -0.15) is 9.97 Å². The van der Waals surface area contributed by atoms with E-state index in [1.54, 1.807) is 0 Å². The van der Waals surface area contributed by atoms with Crippen LogP contribution in [0.3, 0.4) is 0 Å². The standard InChI is InChI=1S/C16H14F2N6O2/c17-11-5-21-15(23-13(11)19)25-7-9-1-2-10(4-3-9)8-26-16-22-6-12(18)14(20)24-16/h1-6H,7-8H2,(H2,19,21,23)(H2,20,22,24). The zero-order chi connectivity index (χ0) is 18.5. The van der Waals surface area contributed by atoms with Gasteiger partial charge in [0.25, 0.3) is 0 Å². The Morgan fingerprint density at radius 1 is 0.731 bits per heavy atom. The van der Waals surface area contributed by atoms with E-state index in [9.17, 15) is 8.78 Å². The van der Waals surface area contributed by atoms with E-state index in [0.29, 0.717) is 0 Å². The van der Waals surface area contributed by atoms with Crippen molar-refractivity contribution in [1.82, 2.24) is 19.9 Å². The van der Waals surface area contributed by atoms with Crippen LogP contribution in [0, 0.1) is 11.6 Å². The van der Waals surface area contributed by atoms with Gasteiger partial charge in [0, 0.05) is 0 Å². The lowest BCUT2D eigenvalue weighted by Gasteiger charge is -2.07. The lowest BCUT2D eigenvalue weighted by Crippen LogP contribution is -2.04. The van der Waals surface area contributed by atoms with E-state index in [1.807, 2.05) is 24.3 Å². The lowest BCUT2D eigenvalue weighted by atomic mass is 10.1. The topological polar surface area (TPSA) is 122 Å². The normalized spacial score (nSPS) is 10.5. The number of ether oxygens (including phenoxy) is 2. The van der Waals surface area contributed by atoms with E-state index in [0.717, 1.165) is 23.5 Å². The van der Waals surface area contributed by atoms with Gasteiger partial charge in [-0.25, -0.2) is 18.7 Å². The minimum Gasteiger partial charge on any atom is -0.459 e. The Kier molecular flexibility index (Phi) is 5.02. The molecule has 1 aromatic carbocycles. The first kappa shape index (κ1) is 17.3. The van der Waals surface area contributed by atoms with Gasteiger partial charge in [-0.05, 0) is 11.1 Å². The Bertz CT molecular complexity index is 833. The number of benzene rings is 1. The highest BCUT2D eigenvalue weighted by Gasteiger charge is 2.06. The summed E-state index contributed by atoms with van der Waals surface area (Å²) in [6.45, 7) is 0.369. The van der Waals surface area contributed by atoms with Crippen LogP contribution >= 0.6 is 0 Å². The molecular formula is C16H14F2N6O2. The molecule has 2 aromatic heterocycles. The molecular weight excluding hydrogens is 346 g/mol. The summed E-state index contributed by atoms with van der Waals surface area (Å²) in [5.74, 6) is -1.94. The predicted octanol–water partition coefficient (Wildman–Crippen LogP) is 1.87. The van der Waals surface area contributed by atoms with Crippen LogP contribution in [0.15, 0.2) is 36.7 Å². The molecule has 134 valence electrons. The van der Waals surface area contributed by atoms with E-state index in [2.05, 4.69) is 19.9 Å². The second-order valence-corrected chi connectivity index (χ2v) is 5.17. The number of aromatic nitrogens is 4. The molecule has 0 aliphatic carbocycles. The van der Waals surface area contributed by atoms with Crippen LogP contribution in [-0.2, 0) is 13.2 Å². The molecule has 0 amide bonds. The third kappa shape index (κ3) is 4.29. The highest BCUT2D eigenvalue weighted by Crippen LogP contribution is 2.14. The molecule has 4 N–H and O–H groups in total. The van der Waals surface area contributed by atoms with E-state index in [4.69, 9.17) is 20.9 Å². The van der Waals surface area contributed by atoms with Gasteiger partial charge in [0.2, 0.25) is 0 Å². The summed E-state index contributed by atoms with van der Waals surface area (Å²) in [5.41, 5.74) is 12.4. The second-order valence-electron chi connectivity index (χ2n) is 5.17. The number of halogens is 2. The van der Waals surface area contributed by atoms with Gasteiger partial charge in [-0.1, -0.05) is 24.3 Å². The van der Waals surface area contributed by atoms with Crippen molar-refractivity contribution in [2.45, 2.75) is 13.2 Å². The number of hydrogen-bond donors (Lipinski definition) is 2. The van der Waals surface area contributed by atoms with Gasteiger partial charge < -0.3 is 20.9 Å². The first-order chi connectivity index (χ1) is 12.5. The Morgan fingerprint density at radius 2 is 1.12 bits per heavy atom. The van der Waals surface area contributed by atoms with Crippen molar-refractivity contribution in [3.8, 4) is 12.0 Å². The minimum atomic E-state index is -0.700. The molecule has 0 radical (unpaired) electrons. The molecule has 0 atom stereocenters. The summed E-state index contributed by atoms with van der Waals surface area (Å²) in [6.07, 6.45) is 1.89. The van der Waals surface area contributed by atoms with Gasteiger partial charge >= 0.3 is 12.0 Å². The molecule has 0 aliphatic heterocycles. The molecule has 0 saturated heterocycles. The first-order valence-corrected chi connectivity index (χ1v) is 7.40. The van der Waals surface area contributed by atoms with Crippen LogP contribution in [0.25, 0.3) is 0 Å². The molecule has 0 aliphatic rings. The Labute approximate surface area is 146 Å². The van der Waals surface area contributed by atoms with E-state index < -0.39 is 11.6 Å². The van der Waals surface area contributed by atoms with Crippen molar-refractivity contribution in [2.24, 2.45) is 0 Å². The zero-order valence-corrected chi connectivity index (χ0v) is 13.4. The van der Waals surface area contributed by atoms with E-state index in [-0.39, 0.29) is 36.9 Å². The fourth-order valence-electron chi connectivity index (χ4n) is 1.89. The minimum absolute atomic E-state index is 0.0117. The van der Waals surface area contributed by atoms with Crippen molar-refractivity contribution in [2.75, 3.05) is 11.5 Å². The number of nitrogen functional groups attached to an aromatic ring is 2. The number of anilines is 2. The lowest BCUT2D eigenvalue weighted by molar-refractivity contribution is 0.276. The maximum Gasteiger partial charge on any atom is 0.318 e. The molecule has 0 fully saturated rings. The molecule has 8 nitrogen and oxygen atoms in total. The molecule has 0 bridgehead atoms. The maximum atomic E-state index is 13.0. The smallest absolute Gasteiger partial charge is 0.318 e.